The first-order valence-electron chi connectivity index (χ1n) is 5.02. The van der Waals surface area contributed by atoms with Gasteiger partial charge in [-0.2, -0.15) is 0 Å². The van der Waals surface area contributed by atoms with E-state index >= 15 is 0 Å². The first-order chi connectivity index (χ1) is 7.72. The number of nitrogens with zero attached hydrogens (tertiary/aromatic N) is 1. The van der Waals surface area contributed by atoms with Crippen molar-refractivity contribution in [1.82, 2.24) is 4.57 Å². The van der Waals surface area contributed by atoms with E-state index in [1.165, 1.54) is 7.11 Å². The molecule has 0 bridgehead atoms. The van der Waals surface area contributed by atoms with E-state index in [0.29, 0.717) is 11.3 Å². The van der Waals surface area contributed by atoms with Crippen LogP contribution in [0.3, 0.4) is 0 Å². The average molecular weight is 215 g/mol. The Kier molecular flexibility index (Phi) is 2.77. The van der Waals surface area contributed by atoms with Crippen LogP contribution in [0.5, 0.6) is 5.75 Å². The number of aromatic nitrogens is 1. The summed E-state index contributed by atoms with van der Waals surface area (Å²) in [5, 5.41) is 0. The van der Waals surface area contributed by atoms with Crippen LogP contribution in [0.25, 0.3) is 11.1 Å². The van der Waals surface area contributed by atoms with Crippen molar-refractivity contribution in [2.75, 3.05) is 7.11 Å². The lowest BCUT2D eigenvalue weighted by molar-refractivity contribution is 0.406. The maximum Gasteiger partial charge on any atom is 0.231 e. The molecule has 1 aromatic heterocycles. The summed E-state index contributed by atoms with van der Waals surface area (Å²) in [6.45, 7) is 0. The fourth-order valence-corrected chi connectivity index (χ4v) is 1.64. The highest BCUT2D eigenvalue weighted by Crippen LogP contribution is 2.16. The van der Waals surface area contributed by atoms with Crippen LogP contribution in [-0.4, -0.2) is 11.7 Å². The average Bonchev–Trinajstić information content (AvgIpc) is 2.33. The second kappa shape index (κ2) is 4.23. The van der Waals surface area contributed by atoms with E-state index in [1.54, 1.807) is 12.4 Å². The third-order valence-electron chi connectivity index (χ3n) is 2.43. The Labute approximate surface area is 93.9 Å². The normalized spacial score (nSPS) is 10.1. The molecule has 1 aromatic carbocycles. The number of benzene rings is 1. The zero-order chi connectivity index (χ0) is 11.5. The van der Waals surface area contributed by atoms with Gasteiger partial charge in [0.15, 0.2) is 5.75 Å². The van der Waals surface area contributed by atoms with Gasteiger partial charge >= 0.3 is 0 Å². The quantitative estimate of drug-likeness (QED) is 0.767. The Morgan fingerprint density at radius 1 is 1.12 bits per heavy atom. The maximum absolute atomic E-state index is 12.0. The monoisotopic (exact) mass is 215 g/mol. The van der Waals surface area contributed by atoms with E-state index in [1.807, 2.05) is 41.9 Å². The van der Waals surface area contributed by atoms with Gasteiger partial charge in [0.05, 0.1) is 7.11 Å². The minimum Gasteiger partial charge on any atom is -0.491 e. The molecule has 3 heteroatoms. The first kappa shape index (κ1) is 10.5. The SMILES string of the molecule is COc1cn(C)cc(-c2ccccc2)c1=O. The number of aryl methyl sites for hydroxylation is 1. The van der Waals surface area contributed by atoms with Crippen LogP contribution in [0, 0.1) is 0 Å². The number of hydrogen-bond acceptors (Lipinski definition) is 2. The zero-order valence-corrected chi connectivity index (χ0v) is 9.31. The molecule has 82 valence electrons. The third-order valence-corrected chi connectivity index (χ3v) is 2.43. The Balaban J connectivity index is 2.66. The van der Waals surface area contributed by atoms with Crippen LogP contribution in [0.1, 0.15) is 0 Å². The fraction of sp³-hybridized carbons (Fsp3) is 0.154. The van der Waals surface area contributed by atoms with Crippen LogP contribution in [0.4, 0.5) is 0 Å². The van der Waals surface area contributed by atoms with Gasteiger partial charge < -0.3 is 9.30 Å². The molecule has 0 aliphatic carbocycles. The lowest BCUT2D eigenvalue weighted by atomic mass is 10.1. The third kappa shape index (κ3) is 1.84. The summed E-state index contributed by atoms with van der Waals surface area (Å²) in [5.74, 6) is 0.365. The summed E-state index contributed by atoms with van der Waals surface area (Å²) < 4.78 is 6.88. The Morgan fingerprint density at radius 3 is 2.44 bits per heavy atom. The Morgan fingerprint density at radius 2 is 1.81 bits per heavy atom. The molecule has 0 amide bonds. The van der Waals surface area contributed by atoms with E-state index < -0.39 is 0 Å². The summed E-state index contributed by atoms with van der Waals surface area (Å²) in [7, 11) is 3.37. The van der Waals surface area contributed by atoms with Crippen molar-refractivity contribution in [2.24, 2.45) is 7.05 Å². The number of ether oxygens (including phenoxy) is 1. The molecule has 2 aromatic rings. The largest absolute Gasteiger partial charge is 0.491 e. The molecule has 0 radical (unpaired) electrons. The van der Waals surface area contributed by atoms with Gasteiger partial charge in [-0.15, -0.1) is 0 Å². The second-order valence-electron chi connectivity index (χ2n) is 3.60. The minimum atomic E-state index is -0.0770. The molecule has 0 saturated carbocycles. The molecule has 1 heterocycles. The standard InChI is InChI=1S/C13H13NO2/c1-14-8-11(10-6-4-3-5-7-10)13(15)12(9-14)16-2/h3-9H,1-2H3. The van der Waals surface area contributed by atoms with Crippen molar-refractivity contribution < 1.29 is 4.74 Å². The summed E-state index contributed by atoms with van der Waals surface area (Å²) in [4.78, 5) is 12.0. The van der Waals surface area contributed by atoms with Crippen LogP contribution in [-0.2, 0) is 7.05 Å². The van der Waals surface area contributed by atoms with Gasteiger partial charge in [-0.25, -0.2) is 0 Å². The second-order valence-corrected chi connectivity index (χ2v) is 3.60. The predicted molar refractivity (Wildman–Crippen MR) is 63.7 cm³/mol. The molecule has 0 aliphatic heterocycles. The molecular weight excluding hydrogens is 202 g/mol. The highest BCUT2D eigenvalue weighted by molar-refractivity contribution is 5.63. The van der Waals surface area contributed by atoms with Crippen LogP contribution < -0.4 is 10.2 Å². The maximum atomic E-state index is 12.0. The molecule has 0 aliphatic rings. The van der Waals surface area contributed by atoms with Crippen LogP contribution >= 0.6 is 0 Å². The zero-order valence-electron chi connectivity index (χ0n) is 9.31. The van der Waals surface area contributed by atoms with Crippen molar-refractivity contribution in [2.45, 2.75) is 0 Å². The molecule has 0 fully saturated rings. The molecule has 0 atom stereocenters. The minimum absolute atomic E-state index is 0.0770. The molecule has 3 nitrogen and oxygen atoms in total. The van der Waals surface area contributed by atoms with E-state index in [-0.39, 0.29) is 5.43 Å². The molecule has 0 spiro atoms. The van der Waals surface area contributed by atoms with Crippen LogP contribution in [0.2, 0.25) is 0 Å². The van der Waals surface area contributed by atoms with Gasteiger partial charge in [-0.3, -0.25) is 4.79 Å². The number of methoxy groups -OCH3 is 1. The number of pyridine rings is 1. The first-order valence-corrected chi connectivity index (χ1v) is 5.02. The summed E-state index contributed by atoms with van der Waals surface area (Å²) in [6, 6.07) is 9.57. The van der Waals surface area contributed by atoms with E-state index in [9.17, 15) is 4.79 Å². The smallest absolute Gasteiger partial charge is 0.231 e. The van der Waals surface area contributed by atoms with E-state index in [4.69, 9.17) is 4.74 Å². The van der Waals surface area contributed by atoms with Crippen molar-refractivity contribution in [1.29, 1.82) is 0 Å². The van der Waals surface area contributed by atoms with E-state index in [2.05, 4.69) is 0 Å². The van der Waals surface area contributed by atoms with Gasteiger partial charge in [0, 0.05) is 25.0 Å². The van der Waals surface area contributed by atoms with Crippen molar-refractivity contribution in [3.05, 3.63) is 52.9 Å². The highest BCUT2D eigenvalue weighted by Gasteiger charge is 2.08. The predicted octanol–water partition coefficient (Wildman–Crippen LogP) is 2.06. The topological polar surface area (TPSA) is 31.2 Å². The summed E-state index contributed by atoms with van der Waals surface area (Å²) in [6.07, 6.45) is 3.48. The van der Waals surface area contributed by atoms with Crippen molar-refractivity contribution in [3.63, 3.8) is 0 Å². The molecule has 0 saturated heterocycles. The Bertz CT molecular complexity index is 544. The van der Waals surface area contributed by atoms with Crippen molar-refractivity contribution in [3.8, 4) is 16.9 Å². The van der Waals surface area contributed by atoms with Gasteiger partial charge in [0.1, 0.15) is 0 Å². The van der Waals surface area contributed by atoms with Crippen LogP contribution in [0.15, 0.2) is 47.5 Å². The lowest BCUT2D eigenvalue weighted by Gasteiger charge is -2.07. The van der Waals surface area contributed by atoms with Gasteiger partial charge in [0.2, 0.25) is 5.43 Å². The molecule has 16 heavy (non-hydrogen) atoms. The summed E-state index contributed by atoms with van der Waals surface area (Å²) >= 11 is 0. The highest BCUT2D eigenvalue weighted by atomic mass is 16.5. The molecule has 0 N–H and O–H groups in total. The number of hydrogen-bond donors (Lipinski definition) is 0. The number of rotatable bonds is 2. The van der Waals surface area contributed by atoms with E-state index in [0.717, 1.165) is 5.56 Å². The van der Waals surface area contributed by atoms with Gasteiger partial charge in [0.25, 0.3) is 0 Å². The van der Waals surface area contributed by atoms with Crippen molar-refractivity contribution >= 4 is 0 Å². The van der Waals surface area contributed by atoms with Gasteiger partial charge in [-0.05, 0) is 5.56 Å². The van der Waals surface area contributed by atoms with Gasteiger partial charge in [-0.1, -0.05) is 30.3 Å². The summed E-state index contributed by atoms with van der Waals surface area (Å²) in [5.41, 5.74) is 1.48. The lowest BCUT2D eigenvalue weighted by Crippen LogP contribution is -2.11. The fourth-order valence-electron chi connectivity index (χ4n) is 1.64. The Hall–Kier alpha value is -2.03. The molecule has 2 rings (SSSR count). The molecular formula is C13H13NO2. The molecule has 0 unspecified atom stereocenters.